The van der Waals surface area contributed by atoms with E-state index in [1.807, 2.05) is 13.8 Å². The summed E-state index contributed by atoms with van der Waals surface area (Å²) in [5.41, 5.74) is 8.78. The Morgan fingerprint density at radius 1 is 1.24 bits per heavy atom. The van der Waals surface area contributed by atoms with Crippen LogP contribution in [0.15, 0.2) is 35.6 Å². The molecule has 0 saturated heterocycles. The highest BCUT2D eigenvalue weighted by atomic mass is 16.5. The van der Waals surface area contributed by atoms with Crippen LogP contribution in [0.25, 0.3) is 0 Å². The summed E-state index contributed by atoms with van der Waals surface area (Å²) in [6.07, 6.45) is 5.76. The number of anilines is 1. The zero-order valence-electron chi connectivity index (χ0n) is 16.8. The molecule has 1 aliphatic heterocycles. The molecule has 2 aliphatic rings. The average molecular weight is 394 g/mol. The number of nitrogen functional groups attached to an aromatic ring is 1. The second-order valence-electron chi connectivity index (χ2n) is 8.43. The van der Waals surface area contributed by atoms with Crippen molar-refractivity contribution in [3.63, 3.8) is 0 Å². The van der Waals surface area contributed by atoms with E-state index >= 15 is 0 Å². The van der Waals surface area contributed by atoms with Crippen LogP contribution in [-0.2, 0) is 4.79 Å². The van der Waals surface area contributed by atoms with E-state index in [2.05, 4.69) is 34.2 Å². The Labute approximate surface area is 170 Å². The summed E-state index contributed by atoms with van der Waals surface area (Å²) in [7, 11) is 0. The SMILES string of the molecule is CC1(C)Oc2ncnc(N)c2N=C1c1ccc([C@@H]2CCC[C@H](CC(=O)O)C2)cc1. The minimum absolute atomic E-state index is 0.264. The van der Waals surface area contributed by atoms with Crippen molar-refractivity contribution < 1.29 is 14.6 Å². The molecule has 1 aromatic heterocycles. The quantitative estimate of drug-likeness (QED) is 0.808. The summed E-state index contributed by atoms with van der Waals surface area (Å²) >= 11 is 0. The average Bonchev–Trinajstić information content (AvgIpc) is 2.67. The van der Waals surface area contributed by atoms with Crippen LogP contribution < -0.4 is 10.5 Å². The van der Waals surface area contributed by atoms with Gasteiger partial charge in [-0.15, -0.1) is 0 Å². The van der Waals surface area contributed by atoms with E-state index < -0.39 is 11.6 Å². The Kier molecular flexibility index (Phi) is 4.98. The Morgan fingerprint density at radius 3 is 2.72 bits per heavy atom. The summed E-state index contributed by atoms with van der Waals surface area (Å²) in [5, 5.41) is 9.10. The summed E-state index contributed by atoms with van der Waals surface area (Å²) in [6, 6.07) is 8.38. The molecule has 0 bridgehead atoms. The van der Waals surface area contributed by atoms with Crippen LogP contribution in [0, 0.1) is 5.92 Å². The van der Waals surface area contributed by atoms with Crippen LogP contribution in [-0.4, -0.2) is 32.4 Å². The van der Waals surface area contributed by atoms with Crippen molar-refractivity contribution in [1.82, 2.24) is 9.97 Å². The lowest BCUT2D eigenvalue weighted by molar-refractivity contribution is -0.138. The topological polar surface area (TPSA) is 111 Å². The number of nitrogens with zero attached hydrogens (tertiary/aromatic N) is 3. The van der Waals surface area contributed by atoms with Gasteiger partial charge in [-0.1, -0.05) is 30.7 Å². The summed E-state index contributed by atoms with van der Waals surface area (Å²) in [4.78, 5) is 23.9. The second-order valence-corrected chi connectivity index (χ2v) is 8.43. The minimum Gasteiger partial charge on any atom is -0.481 e. The smallest absolute Gasteiger partial charge is 0.303 e. The third kappa shape index (κ3) is 3.95. The molecule has 0 radical (unpaired) electrons. The largest absolute Gasteiger partial charge is 0.481 e. The van der Waals surface area contributed by atoms with Gasteiger partial charge in [0.25, 0.3) is 0 Å². The van der Waals surface area contributed by atoms with Crippen LogP contribution in [0.5, 0.6) is 5.88 Å². The van der Waals surface area contributed by atoms with Crippen molar-refractivity contribution in [1.29, 1.82) is 0 Å². The number of hydrogen-bond acceptors (Lipinski definition) is 6. The van der Waals surface area contributed by atoms with Gasteiger partial charge in [-0.3, -0.25) is 4.79 Å². The Hall–Kier alpha value is -2.96. The highest BCUT2D eigenvalue weighted by molar-refractivity contribution is 6.09. The molecule has 7 nitrogen and oxygen atoms in total. The number of fused-ring (bicyclic) bond motifs is 1. The minimum atomic E-state index is -0.702. The van der Waals surface area contributed by atoms with E-state index in [-0.39, 0.29) is 12.3 Å². The van der Waals surface area contributed by atoms with Crippen molar-refractivity contribution in [2.24, 2.45) is 10.9 Å². The molecule has 29 heavy (non-hydrogen) atoms. The second kappa shape index (κ2) is 7.46. The lowest BCUT2D eigenvalue weighted by Crippen LogP contribution is -2.41. The van der Waals surface area contributed by atoms with Gasteiger partial charge < -0.3 is 15.6 Å². The lowest BCUT2D eigenvalue weighted by atomic mass is 9.76. The van der Waals surface area contributed by atoms with Crippen molar-refractivity contribution in [2.75, 3.05) is 5.73 Å². The predicted molar refractivity (Wildman–Crippen MR) is 111 cm³/mol. The number of ether oxygens (including phenoxy) is 1. The van der Waals surface area contributed by atoms with Gasteiger partial charge in [0, 0.05) is 12.0 Å². The van der Waals surface area contributed by atoms with Gasteiger partial charge in [-0.05, 0) is 50.5 Å². The van der Waals surface area contributed by atoms with Gasteiger partial charge >= 0.3 is 5.97 Å². The van der Waals surface area contributed by atoms with Crippen LogP contribution in [0.4, 0.5) is 11.5 Å². The fourth-order valence-corrected chi connectivity index (χ4v) is 4.44. The first-order valence-electron chi connectivity index (χ1n) is 10.0. The number of carboxylic acids is 1. The number of nitrogens with two attached hydrogens (primary N) is 1. The molecule has 0 amide bonds. The van der Waals surface area contributed by atoms with E-state index in [1.54, 1.807) is 0 Å². The molecule has 1 aromatic carbocycles. The van der Waals surface area contributed by atoms with Crippen molar-refractivity contribution in [3.8, 4) is 5.88 Å². The third-order valence-corrected chi connectivity index (χ3v) is 5.86. The molecule has 2 atom stereocenters. The van der Waals surface area contributed by atoms with E-state index in [0.717, 1.165) is 37.0 Å². The monoisotopic (exact) mass is 394 g/mol. The zero-order chi connectivity index (χ0) is 20.6. The van der Waals surface area contributed by atoms with E-state index in [0.29, 0.717) is 23.3 Å². The Balaban J connectivity index is 1.59. The molecular weight excluding hydrogens is 368 g/mol. The summed E-state index contributed by atoms with van der Waals surface area (Å²) in [5.74, 6) is 0.665. The molecule has 152 valence electrons. The highest BCUT2D eigenvalue weighted by Crippen LogP contribution is 2.40. The lowest BCUT2D eigenvalue weighted by Gasteiger charge is -2.32. The molecule has 0 spiro atoms. The van der Waals surface area contributed by atoms with Crippen molar-refractivity contribution >= 4 is 23.2 Å². The molecule has 2 heterocycles. The van der Waals surface area contributed by atoms with Crippen molar-refractivity contribution in [3.05, 3.63) is 41.7 Å². The van der Waals surface area contributed by atoms with Gasteiger partial charge in [0.1, 0.15) is 11.9 Å². The molecule has 1 fully saturated rings. The normalized spacial score (nSPS) is 22.9. The first kappa shape index (κ1) is 19.4. The maximum atomic E-state index is 11.1. The number of aliphatic carboxylic acids is 1. The van der Waals surface area contributed by atoms with Crippen LogP contribution >= 0.6 is 0 Å². The number of hydrogen-bond donors (Lipinski definition) is 2. The van der Waals surface area contributed by atoms with Crippen LogP contribution in [0.3, 0.4) is 0 Å². The fraction of sp³-hybridized carbons (Fsp3) is 0.455. The molecule has 0 unspecified atom stereocenters. The van der Waals surface area contributed by atoms with Gasteiger partial charge in [0.2, 0.25) is 5.88 Å². The molecule has 4 rings (SSSR count). The highest BCUT2D eigenvalue weighted by Gasteiger charge is 2.35. The predicted octanol–water partition coefficient (Wildman–Crippen LogP) is 4.10. The molecule has 1 aliphatic carbocycles. The number of aromatic nitrogens is 2. The van der Waals surface area contributed by atoms with Gasteiger partial charge in [0.15, 0.2) is 11.5 Å². The number of rotatable bonds is 4. The van der Waals surface area contributed by atoms with E-state index in [1.165, 1.54) is 11.9 Å². The summed E-state index contributed by atoms with van der Waals surface area (Å²) in [6.45, 7) is 3.91. The molecule has 3 N–H and O–H groups in total. The Bertz CT molecular complexity index is 953. The first-order valence-corrected chi connectivity index (χ1v) is 10.0. The fourth-order valence-electron chi connectivity index (χ4n) is 4.44. The maximum absolute atomic E-state index is 11.1. The first-order chi connectivity index (χ1) is 13.8. The summed E-state index contributed by atoms with van der Waals surface area (Å²) < 4.78 is 6.05. The van der Waals surface area contributed by atoms with Crippen LogP contribution in [0.2, 0.25) is 0 Å². The van der Waals surface area contributed by atoms with Gasteiger partial charge in [-0.2, -0.15) is 4.98 Å². The Morgan fingerprint density at radius 2 is 2.00 bits per heavy atom. The van der Waals surface area contributed by atoms with Gasteiger partial charge in [0.05, 0.1) is 5.71 Å². The number of aliphatic imine (C=N–C) groups is 1. The maximum Gasteiger partial charge on any atom is 0.303 e. The van der Waals surface area contributed by atoms with Crippen LogP contribution in [0.1, 0.15) is 63.0 Å². The third-order valence-electron chi connectivity index (χ3n) is 5.86. The van der Waals surface area contributed by atoms with E-state index in [4.69, 9.17) is 20.6 Å². The number of benzene rings is 1. The molecule has 1 saturated carbocycles. The number of carbonyl (C=O) groups is 1. The molecular formula is C22H26N4O3. The number of carboxylic acid groups (broad SMARTS) is 1. The zero-order valence-corrected chi connectivity index (χ0v) is 16.8. The van der Waals surface area contributed by atoms with Gasteiger partial charge in [-0.25, -0.2) is 9.98 Å². The van der Waals surface area contributed by atoms with Crippen molar-refractivity contribution in [2.45, 2.75) is 57.5 Å². The van der Waals surface area contributed by atoms with E-state index in [9.17, 15) is 4.79 Å². The standard InChI is InChI=1S/C22H26N4O3/c1-22(2)19(26-18-20(23)24-12-25-21(18)29-22)15-8-6-14(7-9-15)16-5-3-4-13(10-16)11-17(27)28/h6-9,12-13,16H,3-5,10-11H2,1-2H3,(H,27,28)(H2,23,24,25)/t13-,16+/m0/s1. The molecule has 2 aromatic rings. The molecule has 7 heteroatoms.